The zero-order chi connectivity index (χ0) is 19.3. The van der Waals surface area contributed by atoms with E-state index in [1.165, 1.54) is 0 Å². The van der Waals surface area contributed by atoms with Crippen molar-refractivity contribution in [2.45, 2.75) is 38.8 Å². The average molecular weight is 367 g/mol. The molecule has 2 rings (SSSR count). The molecule has 26 heavy (non-hydrogen) atoms. The number of amides is 1. The van der Waals surface area contributed by atoms with E-state index in [1.807, 2.05) is 13.8 Å². The summed E-state index contributed by atoms with van der Waals surface area (Å²) in [5.74, 6) is -0.980. The Morgan fingerprint density at radius 1 is 1.35 bits per heavy atom. The maximum atomic E-state index is 12.5. The van der Waals surface area contributed by atoms with Crippen molar-refractivity contribution in [1.82, 2.24) is 5.32 Å². The van der Waals surface area contributed by atoms with Crippen LogP contribution >= 0.6 is 0 Å². The lowest BCUT2D eigenvalue weighted by atomic mass is 9.85. The number of ether oxygens (including phenoxy) is 3. The summed E-state index contributed by atoms with van der Waals surface area (Å²) < 4.78 is 16.7. The summed E-state index contributed by atoms with van der Waals surface area (Å²) in [7, 11) is 1.58. The lowest BCUT2D eigenvalue weighted by Gasteiger charge is -2.41. The fraction of sp³-hybridized carbons (Fsp3) is 0.556. The Hall–Kier alpha value is -2.16. The normalized spacial score (nSPS) is 23.1. The summed E-state index contributed by atoms with van der Waals surface area (Å²) in [5.41, 5.74) is 0.207. The molecule has 1 aromatic carbocycles. The first kappa shape index (κ1) is 20.2. The number of carbonyl (C=O) groups is 2. The van der Waals surface area contributed by atoms with Gasteiger partial charge in [-0.3, -0.25) is 4.79 Å². The molecule has 8 heteroatoms. The van der Waals surface area contributed by atoms with E-state index in [1.54, 1.807) is 31.4 Å². The Balaban J connectivity index is 2.00. The SMILES string of the molecule is COc1ccc(C2OCC(C)(C)[C@H](C(=O)NCCC(O)C(=O)O)O2)cc1. The van der Waals surface area contributed by atoms with Gasteiger partial charge in [-0.15, -0.1) is 0 Å². The second-order valence-electron chi connectivity index (χ2n) is 6.85. The number of hydrogen-bond acceptors (Lipinski definition) is 6. The second-order valence-corrected chi connectivity index (χ2v) is 6.85. The molecule has 0 saturated carbocycles. The Bertz CT molecular complexity index is 629. The topological polar surface area (TPSA) is 114 Å². The molecule has 0 bridgehead atoms. The van der Waals surface area contributed by atoms with Crippen LogP contribution in [0, 0.1) is 5.41 Å². The van der Waals surface area contributed by atoms with E-state index in [0.717, 1.165) is 5.56 Å². The Labute approximate surface area is 152 Å². The minimum atomic E-state index is -1.51. The van der Waals surface area contributed by atoms with E-state index in [-0.39, 0.29) is 18.9 Å². The van der Waals surface area contributed by atoms with Crippen LogP contribution in [0.3, 0.4) is 0 Å². The quantitative estimate of drug-likeness (QED) is 0.661. The Morgan fingerprint density at radius 3 is 2.58 bits per heavy atom. The molecule has 1 saturated heterocycles. The zero-order valence-corrected chi connectivity index (χ0v) is 15.1. The number of carbonyl (C=O) groups excluding carboxylic acids is 1. The molecule has 8 nitrogen and oxygen atoms in total. The van der Waals surface area contributed by atoms with Crippen LogP contribution in [0.15, 0.2) is 24.3 Å². The van der Waals surface area contributed by atoms with Crippen LogP contribution < -0.4 is 10.1 Å². The molecule has 1 aliphatic rings. The van der Waals surface area contributed by atoms with Gasteiger partial charge in [-0.1, -0.05) is 26.0 Å². The molecule has 2 unspecified atom stereocenters. The molecule has 3 N–H and O–H groups in total. The molecular formula is C18H25NO7. The Morgan fingerprint density at radius 2 is 2.00 bits per heavy atom. The van der Waals surface area contributed by atoms with E-state index in [9.17, 15) is 14.7 Å². The second kappa shape index (κ2) is 8.48. The van der Waals surface area contributed by atoms with Gasteiger partial charge in [0.25, 0.3) is 0 Å². The summed E-state index contributed by atoms with van der Waals surface area (Å²) in [6.07, 6.45) is -3.04. The van der Waals surface area contributed by atoms with Crippen molar-refractivity contribution in [3.8, 4) is 5.75 Å². The number of rotatable bonds is 7. The maximum Gasteiger partial charge on any atom is 0.332 e. The zero-order valence-electron chi connectivity index (χ0n) is 15.1. The fourth-order valence-electron chi connectivity index (χ4n) is 2.61. The van der Waals surface area contributed by atoms with E-state index < -0.39 is 29.9 Å². The van der Waals surface area contributed by atoms with E-state index >= 15 is 0 Å². The van der Waals surface area contributed by atoms with Crippen LogP contribution in [0.4, 0.5) is 0 Å². The molecule has 1 heterocycles. The number of carboxylic acid groups (broad SMARTS) is 1. The van der Waals surface area contributed by atoms with E-state index in [2.05, 4.69) is 5.32 Å². The van der Waals surface area contributed by atoms with Crippen LogP contribution in [-0.4, -0.2) is 54.6 Å². The number of hydrogen-bond donors (Lipinski definition) is 3. The third-order valence-corrected chi connectivity index (χ3v) is 4.20. The molecule has 0 radical (unpaired) electrons. The van der Waals surface area contributed by atoms with Crippen LogP contribution in [0.25, 0.3) is 0 Å². The van der Waals surface area contributed by atoms with Gasteiger partial charge >= 0.3 is 5.97 Å². The summed E-state index contributed by atoms with van der Waals surface area (Å²) >= 11 is 0. The number of aliphatic carboxylic acids is 1. The molecule has 1 fully saturated rings. The van der Waals surface area contributed by atoms with Crippen LogP contribution in [0.5, 0.6) is 5.75 Å². The molecular weight excluding hydrogens is 342 g/mol. The van der Waals surface area contributed by atoms with Crippen molar-refractivity contribution in [1.29, 1.82) is 0 Å². The molecule has 0 aliphatic carbocycles. The van der Waals surface area contributed by atoms with Gasteiger partial charge in [0.1, 0.15) is 11.9 Å². The number of nitrogens with one attached hydrogen (secondary N) is 1. The lowest BCUT2D eigenvalue weighted by molar-refractivity contribution is -0.258. The van der Waals surface area contributed by atoms with Crippen LogP contribution in [-0.2, 0) is 19.1 Å². The van der Waals surface area contributed by atoms with Crippen molar-refractivity contribution in [2.75, 3.05) is 20.3 Å². The van der Waals surface area contributed by atoms with Gasteiger partial charge in [0.15, 0.2) is 12.4 Å². The molecule has 1 aliphatic heterocycles. The molecule has 1 amide bonds. The number of aliphatic hydroxyl groups excluding tert-OH is 1. The van der Waals surface area contributed by atoms with Gasteiger partial charge in [-0.2, -0.15) is 0 Å². The Kier molecular flexibility index (Phi) is 6.57. The van der Waals surface area contributed by atoms with Gasteiger partial charge in [0.05, 0.1) is 13.7 Å². The fourth-order valence-corrected chi connectivity index (χ4v) is 2.61. The predicted molar refractivity (Wildman–Crippen MR) is 91.6 cm³/mol. The average Bonchev–Trinajstić information content (AvgIpc) is 2.61. The summed E-state index contributed by atoms with van der Waals surface area (Å²) in [6, 6.07) is 7.17. The van der Waals surface area contributed by atoms with Crippen molar-refractivity contribution in [3.63, 3.8) is 0 Å². The number of carboxylic acids is 1. The lowest BCUT2D eigenvalue weighted by Crippen LogP contribution is -2.52. The van der Waals surface area contributed by atoms with Gasteiger partial charge in [-0.25, -0.2) is 4.79 Å². The van der Waals surface area contributed by atoms with Crippen molar-refractivity contribution in [3.05, 3.63) is 29.8 Å². The van der Waals surface area contributed by atoms with E-state index in [4.69, 9.17) is 19.3 Å². The number of aliphatic hydroxyl groups is 1. The standard InChI is InChI=1S/C18H25NO7/c1-18(2)10-25-17(11-4-6-12(24-3)7-5-11)26-14(18)15(21)19-9-8-13(20)16(22)23/h4-7,13-14,17,20H,8-10H2,1-3H3,(H,19,21)(H,22,23)/t13?,14-,17?/m0/s1. The highest BCUT2D eigenvalue weighted by Gasteiger charge is 2.43. The minimum Gasteiger partial charge on any atom is -0.497 e. The summed E-state index contributed by atoms with van der Waals surface area (Å²) in [6.45, 7) is 4.07. The molecule has 0 spiro atoms. The molecule has 144 valence electrons. The third kappa shape index (κ3) is 4.94. The summed E-state index contributed by atoms with van der Waals surface area (Å²) in [5, 5.41) is 20.6. The van der Waals surface area contributed by atoms with Crippen molar-refractivity contribution < 1.29 is 34.0 Å². The largest absolute Gasteiger partial charge is 0.497 e. The number of benzene rings is 1. The van der Waals surface area contributed by atoms with Crippen molar-refractivity contribution >= 4 is 11.9 Å². The molecule has 3 atom stereocenters. The molecule has 1 aromatic rings. The molecule has 0 aromatic heterocycles. The van der Waals surface area contributed by atoms with Crippen molar-refractivity contribution in [2.24, 2.45) is 5.41 Å². The highest BCUT2D eigenvalue weighted by molar-refractivity contribution is 5.82. The summed E-state index contributed by atoms with van der Waals surface area (Å²) in [4.78, 5) is 23.1. The highest BCUT2D eigenvalue weighted by Crippen LogP contribution is 2.36. The van der Waals surface area contributed by atoms with Gasteiger partial charge in [0.2, 0.25) is 5.91 Å². The maximum absolute atomic E-state index is 12.5. The smallest absolute Gasteiger partial charge is 0.332 e. The van der Waals surface area contributed by atoms with Crippen LogP contribution in [0.2, 0.25) is 0 Å². The minimum absolute atomic E-state index is 0.0380. The van der Waals surface area contributed by atoms with Crippen LogP contribution in [0.1, 0.15) is 32.1 Å². The van der Waals surface area contributed by atoms with E-state index in [0.29, 0.717) is 12.4 Å². The van der Waals surface area contributed by atoms with Gasteiger partial charge < -0.3 is 29.7 Å². The first-order chi connectivity index (χ1) is 12.2. The monoisotopic (exact) mass is 367 g/mol. The predicted octanol–water partition coefficient (Wildman–Crippen LogP) is 1.09. The number of methoxy groups -OCH3 is 1. The first-order valence-corrected chi connectivity index (χ1v) is 8.34. The highest BCUT2D eigenvalue weighted by atomic mass is 16.7. The first-order valence-electron chi connectivity index (χ1n) is 8.34. The third-order valence-electron chi connectivity index (χ3n) is 4.20. The van der Waals surface area contributed by atoms with Gasteiger partial charge in [0, 0.05) is 23.9 Å². The van der Waals surface area contributed by atoms with Gasteiger partial charge in [-0.05, 0) is 12.1 Å².